The molecule has 8 aromatic carbocycles. The highest BCUT2D eigenvalue weighted by molar-refractivity contribution is 6.93. The van der Waals surface area contributed by atoms with Crippen molar-refractivity contribution in [1.29, 1.82) is 0 Å². The molecule has 0 amide bonds. The molecule has 0 atom stereocenters. The molecule has 12 rings (SSSR count). The molecule has 0 bridgehead atoms. The number of hydrogen-bond acceptors (Lipinski definition) is 2. The first kappa shape index (κ1) is 28.2. The predicted molar refractivity (Wildman–Crippen MR) is 221 cm³/mol. The van der Waals surface area contributed by atoms with E-state index in [9.17, 15) is 0 Å². The molecule has 0 spiro atoms. The van der Waals surface area contributed by atoms with E-state index in [4.69, 9.17) is 0 Å². The van der Waals surface area contributed by atoms with Crippen LogP contribution in [0.4, 0.5) is 22.7 Å². The van der Waals surface area contributed by atoms with Gasteiger partial charge in [0.25, 0.3) is 0 Å². The molecule has 4 heteroatoms. The zero-order chi connectivity index (χ0) is 33.9. The Balaban J connectivity index is 1.06. The maximum absolute atomic E-state index is 2.58. The summed E-state index contributed by atoms with van der Waals surface area (Å²) in [6, 6.07) is 68.0. The minimum Gasteiger partial charge on any atom is -0.376 e. The Labute approximate surface area is 304 Å². The highest BCUT2D eigenvalue weighted by Gasteiger charge is 2.43. The van der Waals surface area contributed by atoms with Gasteiger partial charge in [0.2, 0.25) is 0 Å². The number of para-hydroxylation sites is 3. The molecule has 2 nitrogen and oxygen atoms in total. The number of nitrogens with zero attached hydrogens (tertiary/aromatic N) is 2. The molecule has 4 heterocycles. The summed E-state index contributed by atoms with van der Waals surface area (Å²) in [6.45, 7) is 0.185. The van der Waals surface area contributed by atoms with Crippen LogP contribution in [0.25, 0.3) is 55.6 Å². The molecule has 0 N–H and O–H groups in total. The third-order valence-electron chi connectivity index (χ3n) is 11.9. The Morgan fingerprint density at radius 2 is 0.596 bits per heavy atom. The number of fused-ring (bicyclic) bond motifs is 22. The summed E-state index contributed by atoms with van der Waals surface area (Å²) in [5.41, 5.74) is 23.3. The number of hydrogen-bond donors (Lipinski definition) is 0. The first-order chi connectivity index (χ1) is 25.8. The topological polar surface area (TPSA) is 6.48 Å². The van der Waals surface area contributed by atoms with Crippen LogP contribution in [0.15, 0.2) is 182 Å². The second-order valence-corrected chi connectivity index (χ2v) is 14.4. The van der Waals surface area contributed by atoms with Crippen molar-refractivity contribution in [1.82, 2.24) is 0 Å². The molecule has 4 aliphatic rings. The SMILES string of the molecule is c1ccc2c(c1)B1c3cc(-c4ccc5c(c4)-c4ccccc4B4c6ccccc6-c6ccccc6N45)ccc3-c3ccccc3N1c1ccccc1-2. The van der Waals surface area contributed by atoms with E-state index in [0.717, 1.165) is 0 Å². The van der Waals surface area contributed by atoms with Crippen LogP contribution in [0.5, 0.6) is 0 Å². The van der Waals surface area contributed by atoms with E-state index in [1.54, 1.807) is 0 Å². The van der Waals surface area contributed by atoms with Crippen LogP contribution < -0.4 is 31.5 Å². The van der Waals surface area contributed by atoms with E-state index in [0.29, 0.717) is 0 Å². The fraction of sp³-hybridized carbons (Fsp3) is 0. The first-order valence-corrected chi connectivity index (χ1v) is 18.3. The van der Waals surface area contributed by atoms with E-state index in [1.807, 2.05) is 0 Å². The van der Waals surface area contributed by atoms with Crippen LogP contribution in [0.3, 0.4) is 0 Å². The van der Waals surface area contributed by atoms with Gasteiger partial charge in [0, 0.05) is 45.0 Å². The van der Waals surface area contributed by atoms with Crippen molar-refractivity contribution in [2.45, 2.75) is 0 Å². The molecule has 0 fully saturated rings. The van der Waals surface area contributed by atoms with E-state index in [-0.39, 0.29) is 13.7 Å². The number of rotatable bonds is 1. The summed E-state index contributed by atoms with van der Waals surface area (Å²) >= 11 is 0. The van der Waals surface area contributed by atoms with Crippen LogP contribution in [0.2, 0.25) is 0 Å². The highest BCUT2D eigenvalue weighted by atomic mass is 15.1. The van der Waals surface area contributed by atoms with Gasteiger partial charge in [-0.1, -0.05) is 152 Å². The van der Waals surface area contributed by atoms with Gasteiger partial charge in [-0.25, -0.2) is 0 Å². The maximum atomic E-state index is 2.58. The van der Waals surface area contributed by atoms with Gasteiger partial charge in [-0.2, -0.15) is 0 Å². The summed E-state index contributed by atoms with van der Waals surface area (Å²) in [6.07, 6.45) is 0. The van der Waals surface area contributed by atoms with Crippen molar-refractivity contribution in [2.75, 3.05) is 9.62 Å². The predicted octanol–water partition coefficient (Wildman–Crippen LogP) is 9.16. The zero-order valence-corrected chi connectivity index (χ0v) is 28.4. The molecule has 0 saturated heterocycles. The molecule has 0 aromatic heterocycles. The summed E-state index contributed by atoms with van der Waals surface area (Å²) in [5.74, 6) is 0. The molecular weight excluding hydrogens is 626 g/mol. The molecule has 0 radical (unpaired) electrons. The van der Waals surface area contributed by atoms with Crippen molar-refractivity contribution in [2.24, 2.45) is 0 Å². The van der Waals surface area contributed by atoms with E-state index in [2.05, 4.69) is 192 Å². The van der Waals surface area contributed by atoms with Gasteiger partial charge in [-0.15, -0.1) is 0 Å². The van der Waals surface area contributed by atoms with Gasteiger partial charge in [-0.3, -0.25) is 0 Å². The van der Waals surface area contributed by atoms with Crippen molar-refractivity contribution >= 4 is 58.3 Å². The molecule has 0 unspecified atom stereocenters. The Hall–Kier alpha value is -6.51. The second kappa shape index (κ2) is 10.5. The standard InChI is InChI=1S/C48H30B2N2/c1-7-19-41-33(13-1)37-16-5-11-23-46(37)52-48-28-26-31(29-40(48)35-15-3-9-21-43(35)49(41)52)32-25-27-36-39-18-6-12-24-47(39)51-45-22-10-4-17-38(45)34-14-2-8-20-42(34)50(51)44(36)30-32/h1-30H. The molecule has 0 saturated carbocycles. The molecule has 238 valence electrons. The summed E-state index contributed by atoms with van der Waals surface area (Å²) in [5, 5.41) is 0. The lowest BCUT2D eigenvalue weighted by Gasteiger charge is -2.43. The molecule has 8 aromatic rings. The van der Waals surface area contributed by atoms with E-state index in [1.165, 1.54) is 100 Å². The third kappa shape index (κ3) is 3.71. The van der Waals surface area contributed by atoms with Gasteiger partial charge in [0.05, 0.1) is 0 Å². The lowest BCUT2D eigenvalue weighted by molar-refractivity contribution is 1.34. The zero-order valence-electron chi connectivity index (χ0n) is 28.4. The van der Waals surface area contributed by atoms with Crippen molar-refractivity contribution in [3.8, 4) is 55.6 Å². The monoisotopic (exact) mass is 656 g/mol. The fourth-order valence-electron chi connectivity index (χ4n) is 9.74. The van der Waals surface area contributed by atoms with Crippen LogP contribution in [-0.2, 0) is 0 Å². The summed E-state index contributed by atoms with van der Waals surface area (Å²) in [4.78, 5) is 5.16. The van der Waals surface area contributed by atoms with E-state index < -0.39 is 0 Å². The van der Waals surface area contributed by atoms with Gasteiger partial charge in [0.1, 0.15) is 0 Å². The number of benzene rings is 8. The molecule has 52 heavy (non-hydrogen) atoms. The maximum Gasteiger partial charge on any atom is 0.329 e. The average Bonchev–Trinajstić information content (AvgIpc) is 3.23. The van der Waals surface area contributed by atoms with Crippen molar-refractivity contribution < 1.29 is 0 Å². The van der Waals surface area contributed by atoms with E-state index >= 15 is 0 Å². The minimum atomic E-state index is 0.0694. The largest absolute Gasteiger partial charge is 0.376 e. The average molecular weight is 656 g/mol. The smallest absolute Gasteiger partial charge is 0.329 e. The van der Waals surface area contributed by atoms with Crippen molar-refractivity contribution in [3.05, 3.63) is 182 Å². The quantitative estimate of drug-likeness (QED) is 0.163. The highest BCUT2D eigenvalue weighted by Crippen LogP contribution is 2.48. The van der Waals surface area contributed by atoms with Gasteiger partial charge >= 0.3 is 13.7 Å². The molecule has 0 aliphatic carbocycles. The van der Waals surface area contributed by atoms with Crippen LogP contribution >= 0.6 is 0 Å². The summed E-state index contributed by atoms with van der Waals surface area (Å²) in [7, 11) is 0. The van der Waals surface area contributed by atoms with Crippen molar-refractivity contribution in [3.63, 3.8) is 0 Å². The Kier molecular flexibility index (Phi) is 5.70. The Morgan fingerprint density at radius 3 is 1.12 bits per heavy atom. The normalized spacial score (nSPS) is 13.6. The fourth-order valence-corrected chi connectivity index (χ4v) is 9.74. The summed E-state index contributed by atoms with van der Waals surface area (Å²) < 4.78 is 0. The second-order valence-electron chi connectivity index (χ2n) is 14.4. The lowest BCUT2D eigenvalue weighted by atomic mass is 9.43. The van der Waals surface area contributed by atoms with Crippen LogP contribution in [-0.4, -0.2) is 13.7 Å². The first-order valence-electron chi connectivity index (χ1n) is 18.3. The number of anilines is 4. The Bertz CT molecular complexity index is 2800. The van der Waals surface area contributed by atoms with Gasteiger partial charge in [0.15, 0.2) is 0 Å². The van der Waals surface area contributed by atoms with Gasteiger partial charge in [-0.05, 0) is 85.6 Å². The third-order valence-corrected chi connectivity index (χ3v) is 11.9. The lowest BCUT2D eigenvalue weighted by Crippen LogP contribution is -2.59. The minimum absolute atomic E-state index is 0.0694. The van der Waals surface area contributed by atoms with Crippen LogP contribution in [0.1, 0.15) is 0 Å². The van der Waals surface area contributed by atoms with Gasteiger partial charge < -0.3 is 9.62 Å². The van der Waals surface area contributed by atoms with Crippen LogP contribution in [0, 0.1) is 0 Å². The molecular formula is C48H30B2N2. The molecule has 4 aliphatic heterocycles. The Morgan fingerprint density at radius 1 is 0.250 bits per heavy atom.